The molecule has 2 aromatic rings. The fraction of sp³-hybridized carbons (Fsp3) is 0. The van der Waals surface area contributed by atoms with Crippen LogP contribution < -0.4 is 40.9 Å². The van der Waals surface area contributed by atoms with Gasteiger partial charge in [-0.15, -0.1) is 0 Å². The maximum atomic E-state index is 11.1. The van der Waals surface area contributed by atoms with Crippen LogP contribution in [0.3, 0.4) is 0 Å². The Morgan fingerprint density at radius 3 is 2.69 bits per heavy atom. The first-order chi connectivity index (χ1) is 5.77. The maximum Gasteiger partial charge on any atom is 1.00 e. The Morgan fingerprint density at radius 1 is 1.23 bits per heavy atom. The molecule has 0 aliphatic carbocycles. The van der Waals surface area contributed by atoms with Crippen LogP contribution in [0.2, 0.25) is 0 Å². The van der Waals surface area contributed by atoms with Gasteiger partial charge in [-0.05, 0) is 12.1 Å². The number of rotatable bonds is 0. The van der Waals surface area contributed by atoms with Gasteiger partial charge in [0.2, 0.25) is 0 Å². The van der Waals surface area contributed by atoms with Crippen LogP contribution >= 0.6 is 0 Å². The van der Waals surface area contributed by atoms with Gasteiger partial charge in [-0.3, -0.25) is 9.78 Å². The van der Waals surface area contributed by atoms with Gasteiger partial charge < -0.3 is 5.84 Å². The first-order valence-electron chi connectivity index (χ1n) is 3.39. The maximum absolute atomic E-state index is 11.1. The molecular formula is C8H6NNaO3. The summed E-state index contributed by atoms with van der Waals surface area (Å²) in [6.45, 7) is 0. The van der Waals surface area contributed by atoms with Crippen LogP contribution in [0.1, 0.15) is 1.43 Å². The van der Waals surface area contributed by atoms with Gasteiger partial charge in [0.25, 0.3) is 5.56 Å². The summed E-state index contributed by atoms with van der Waals surface area (Å²) in [6, 6.07) is 6.57. The van der Waals surface area contributed by atoms with Gasteiger partial charge >= 0.3 is 35.3 Å². The van der Waals surface area contributed by atoms with Crippen LogP contribution in [0.25, 0.3) is 11.0 Å². The average molecular weight is 187 g/mol. The van der Waals surface area contributed by atoms with Gasteiger partial charge in [-0.25, -0.2) is 4.79 Å². The number of benzene rings is 1. The van der Waals surface area contributed by atoms with Crippen molar-refractivity contribution in [3.8, 4) is 0 Å². The molecule has 1 aromatic carbocycles. The number of hydrogen-bond acceptors (Lipinski definition) is 3. The molecular weight excluding hydrogens is 181 g/mol. The third-order valence-electron chi connectivity index (χ3n) is 1.55. The van der Waals surface area contributed by atoms with Crippen LogP contribution in [0.4, 0.5) is 0 Å². The van der Waals surface area contributed by atoms with E-state index in [4.69, 9.17) is 4.42 Å². The Balaban J connectivity index is 0.000000845. The minimum atomic E-state index is -0.723. The minimum Gasteiger partial charge on any atom is -1.00 e. The second-order valence-electron chi connectivity index (χ2n) is 2.34. The predicted octanol–water partition coefficient (Wildman–Crippen LogP) is -2.40. The molecule has 0 bridgehead atoms. The topological polar surface area (TPSA) is 63.1 Å². The number of aromatic nitrogens is 1. The summed E-state index contributed by atoms with van der Waals surface area (Å²) >= 11 is 0. The molecule has 5 heteroatoms. The molecule has 0 unspecified atom stereocenters. The fourth-order valence-electron chi connectivity index (χ4n) is 1.03. The van der Waals surface area contributed by atoms with Crippen molar-refractivity contribution in [3.63, 3.8) is 0 Å². The van der Waals surface area contributed by atoms with Gasteiger partial charge in [0.1, 0.15) is 5.58 Å². The first kappa shape index (κ1) is 10.2. The van der Waals surface area contributed by atoms with E-state index in [1.165, 1.54) is 0 Å². The molecule has 0 aliphatic rings. The van der Waals surface area contributed by atoms with Crippen LogP contribution in [0.5, 0.6) is 0 Å². The molecule has 0 saturated carbocycles. The normalized spacial score (nSPS) is 9.54. The van der Waals surface area contributed by atoms with Crippen molar-refractivity contribution >= 4 is 11.0 Å². The zero-order chi connectivity index (χ0) is 8.55. The molecule has 4 nitrogen and oxygen atoms in total. The Labute approximate surface area is 96.4 Å². The van der Waals surface area contributed by atoms with Crippen molar-refractivity contribution in [3.05, 3.63) is 45.2 Å². The average Bonchev–Trinajstić information content (AvgIpc) is 2.04. The molecule has 0 radical (unpaired) electrons. The van der Waals surface area contributed by atoms with Crippen LogP contribution in [-0.4, -0.2) is 4.98 Å². The molecule has 0 spiro atoms. The van der Waals surface area contributed by atoms with Crippen molar-refractivity contribution in [2.75, 3.05) is 0 Å². The summed E-state index contributed by atoms with van der Waals surface area (Å²) in [5, 5.41) is 0.386. The van der Waals surface area contributed by atoms with Crippen molar-refractivity contribution < 1.29 is 35.4 Å². The second kappa shape index (κ2) is 3.91. The molecule has 1 aromatic heterocycles. The van der Waals surface area contributed by atoms with E-state index in [-0.39, 0.29) is 31.0 Å². The van der Waals surface area contributed by atoms with E-state index < -0.39 is 11.3 Å². The van der Waals surface area contributed by atoms with E-state index in [9.17, 15) is 9.59 Å². The molecule has 1 heterocycles. The zero-order valence-corrected chi connectivity index (χ0v) is 9.03. The molecule has 1 N–H and O–H groups in total. The summed E-state index contributed by atoms with van der Waals surface area (Å²) in [5.41, 5.74) is -0.104. The summed E-state index contributed by atoms with van der Waals surface area (Å²) < 4.78 is 4.73. The molecule has 13 heavy (non-hydrogen) atoms. The summed E-state index contributed by atoms with van der Waals surface area (Å²) in [5.74, 6) is -0.723. The van der Waals surface area contributed by atoms with Crippen LogP contribution in [0, 0.1) is 0 Å². The molecule has 62 valence electrons. The quantitative estimate of drug-likeness (QED) is 0.467. The number of H-pyrrole nitrogens is 1. The van der Waals surface area contributed by atoms with E-state index in [1.807, 2.05) is 4.98 Å². The summed E-state index contributed by atoms with van der Waals surface area (Å²) in [6.07, 6.45) is 0. The monoisotopic (exact) mass is 187 g/mol. The van der Waals surface area contributed by atoms with E-state index >= 15 is 0 Å². The summed E-state index contributed by atoms with van der Waals surface area (Å²) in [4.78, 5) is 23.8. The van der Waals surface area contributed by atoms with E-state index in [1.54, 1.807) is 24.3 Å². The summed E-state index contributed by atoms with van der Waals surface area (Å²) in [7, 11) is 0. The van der Waals surface area contributed by atoms with E-state index in [2.05, 4.69) is 0 Å². The van der Waals surface area contributed by atoms with Crippen molar-refractivity contribution in [2.45, 2.75) is 0 Å². The van der Waals surface area contributed by atoms with Gasteiger partial charge in [-0.1, -0.05) is 12.1 Å². The number of hydrogen-bond donors (Lipinski definition) is 1. The van der Waals surface area contributed by atoms with E-state index in [0.717, 1.165) is 0 Å². The van der Waals surface area contributed by atoms with Crippen molar-refractivity contribution in [2.24, 2.45) is 0 Å². The second-order valence-corrected chi connectivity index (χ2v) is 2.34. The van der Waals surface area contributed by atoms with Gasteiger partial charge in [0, 0.05) is 0 Å². The number of fused-ring (bicyclic) bond motifs is 1. The van der Waals surface area contributed by atoms with Gasteiger partial charge in [0.05, 0.1) is 5.39 Å². The third kappa shape index (κ3) is 1.91. The Kier molecular flexibility index (Phi) is 3.08. The molecule has 0 saturated heterocycles. The number of nitrogens with one attached hydrogen (secondary N) is 1. The smallest absolute Gasteiger partial charge is 1.00 e. The fourth-order valence-corrected chi connectivity index (χ4v) is 1.03. The molecule has 0 atom stereocenters. The third-order valence-corrected chi connectivity index (χ3v) is 1.55. The largest absolute Gasteiger partial charge is 1.00 e. The predicted molar refractivity (Wildman–Crippen MR) is 44.2 cm³/mol. The van der Waals surface area contributed by atoms with Crippen molar-refractivity contribution in [1.82, 2.24) is 4.98 Å². The standard InChI is InChI=1S/C8H5NO3.Na.H/c10-7-5-3-1-2-4-6(5)12-8(11)9-7;;/h1-4H,(H,9,10,11);;/q;+1;-1. The number of aromatic amines is 1. The Hall–Kier alpha value is -0.840. The van der Waals surface area contributed by atoms with Gasteiger partial charge in [-0.2, -0.15) is 0 Å². The Bertz CT molecular complexity index is 534. The SMILES string of the molecule is O=c1[nH]c(=O)c2ccccc2o1.[H-].[Na+]. The minimum absolute atomic E-state index is 0. The van der Waals surface area contributed by atoms with E-state index in [0.29, 0.717) is 11.0 Å². The van der Waals surface area contributed by atoms with Crippen LogP contribution in [0.15, 0.2) is 38.3 Å². The first-order valence-corrected chi connectivity index (χ1v) is 3.39. The molecule has 0 amide bonds. The van der Waals surface area contributed by atoms with Gasteiger partial charge in [0.15, 0.2) is 0 Å². The molecule has 0 fully saturated rings. The zero-order valence-electron chi connectivity index (χ0n) is 8.03. The Morgan fingerprint density at radius 2 is 1.92 bits per heavy atom. The van der Waals surface area contributed by atoms with Crippen LogP contribution in [-0.2, 0) is 0 Å². The molecule has 0 aliphatic heterocycles. The number of para-hydroxylation sites is 1. The molecule has 2 rings (SSSR count). The van der Waals surface area contributed by atoms with Crippen molar-refractivity contribution in [1.29, 1.82) is 0 Å².